The Balaban J connectivity index is 1.49. The molecule has 0 atom stereocenters. The van der Waals surface area contributed by atoms with Crippen molar-refractivity contribution in [2.24, 2.45) is 0 Å². The Bertz CT molecular complexity index is 1330. The molecule has 1 aromatic heterocycles. The van der Waals surface area contributed by atoms with Gasteiger partial charge < -0.3 is 28.7 Å². The van der Waals surface area contributed by atoms with Gasteiger partial charge in [-0.25, -0.2) is 4.79 Å². The van der Waals surface area contributed by atoms with E-state index in [1.165, 1.54) is 6.07 Å². The predicted molar refractivity (Wildman–Crippen MR) is 137 cm³/mol. The number of rotatable bonds is 9. The summed E-state index contributed by atoms with van der Waals surface area (Å²) in [5, 5.41) is 3.61. The van der Waals surface area contributed by atoms with Crippen LogP contribution in [0.5, 0.6) is 23.0 Å². The lowest BCUT2D eigenvalue weighted by Crippen LogP contribution is -2.33. The average Bonchev–Trinajstić information content (AvgIpc) is 2.85. The lowest BCUT2D eigenvalue weighted by atomic mass is 9.92. The molecule has 1 aliphatic heterocycles. The quantitative estimate of drug-likeness (QED) is 0.444. The van der Waals surface area contributed by atoms with E-state index in [2.05, 4.69) is 5.32 Å². The van der Waals surface area contributed by atoms with Crippen LogP contribution in [0.1, 0.15) is 43.9 Å². The number of ether oxygens (including phenoxy) is 4. The first-order chi connectivity index (χ1) is 17.2. The molecule has 2 heterocycles. The van der Waals surface area contributed by atoms with Crippen molar-refractivity contribution < 1.29 is 28.2 Å². The zero-order chi connectivity index (χ0) is 25.9. The average molecular weight is 496 g/mol. The van der Waals surface area contributed by atoms with E-state index >= 15 is 0 Å². The molecule has 8 nitrogen and oxygen atoms in total. The molecule has 0 spiro atoms. The van der Waals surface area contributed by atoms with Crippen molar-refractivity contribution in [1.82, 2.24) is 5.32 Å². The number of carbonyl (C=O) groups excluding carboxylic acids is 1. The molecule has 0 bridgehead atoms. The Morgan fingerprint density at radius 3 is 2.58 bits per heavy atom. The molecule has 2 aromatic carbocycles. The molecule has 0 radical (unpaired) electrons. The van der Waals surface area contributed by atoms with Gasteiger partial charge >= 0.3 is 5.63 Å². The summed E-state index contributed by atoms with van der Waals surface area (Å²) >= 11 is 0. The first kappa shape index (κ1) is 25.4. The first-order valence-electron chi connectivity index (χ1n) is 12.2. The standard InChI is InChI=1S/C28H33NO7/c1-6-18-14-25(31)35-27-19-9-11-28(2,3)36-21(19)15-23(26(18)27)34-16-24(30)29-12-10-17-7-8-20(32-4)22(13-17)33-5/h7-8,13-15H,6,9-12,16H2,1-5H3,(H,29,30). The fraction of sp³-hybridized carbons (Fsp3) is 0.429. The van der Waals surface area contributed by atoms with Crippen LogP contribution >= 0.6 is 0 Å². The van der Waals surface area contributed by atoms with E-state index in [1.54, 1.807) is 14.2 Å². The summed E-state index contributed by atoms with van der Waals surface area (Å²) in [7, 11) is 3.18. The van der Waals surface area contributed by atoms with Gasteiger partial charge in [-0.05, 0) is 62.8 Å². The van der Waals surface area contributed by atoms with Crippen LogP contribution in [-0.2, 0) is 24.1 Å². The topological polar surface area (TPSA) is 96.2 Å². The monoisotopic (exact) mass is 495 g/mol. The first-order valence-corrected chi connectivity index (χ1v) is 12.2. The van der Waals surface area contributed by atoms with Crippen molar-refractivity contribution in [2.45, 2.75) is 52.1 Å². The van der Waals surface area contributed by atoms with E-state index in [0.717, 1.165) is 34.9 Å². The molecule has 1 amide bonds. The molecule has 36 heavy (non-hydrogen) atoms. The molecule has 3 aromatic rings. The third-order valence-corrected chi connectivity index (χ3v) is 6.41. The van der Waals surface area contributed by atoms with Gasteiger partial charge in [0.05, 0.1) is 19.6 Å². The van der Waals surface area contributed by atoms with Crippen LogP contribution in [0, 0.1) is 0 Å². The fourth-order valence-electron chi connectivity index (χ4n) is 4.49. The summed E-state index contributed by atoms with van der Waals surface area (Å²) in [5.74, 6) is 2.15. The van der Waals surface area contributed by atoms with E-state index in [1.807, 2.05) is 45.0 Å². The number of carbonyl (C=O) groups is 1. The lowest BCUT2D eigenvalue weighted by molar-refractivity contribution is -0.123. The molecule has 1 N–H and O–H groups in total. The SMILES string of the molecule is CCc1cc(=O)oc2c3c(cc(OCC(=O)NCCc4ccc(OC)c(OC)c4)c12)OC(C)(C)CC3. The predicted octanol–water partition coefficient (Wildman–Crippen LogP) is 4.21. The fourth-order valence-corrected chi connectivity index (χ4v) is 4.49. The minimum atomic E-state index is -0.406. The minimum Gasteiger partial charge on any atom is -0.493 e. The number of hydrogen-bond donors (Lipinski definition) is 1. The van der Waals surface area contributed by atoms with Crippen LogP contribution in [0.25, 0.3) is 11.0 Å². The van der Waals surface area contributed by atoms with Gasteiger partial charge in [0, 0.05) is 24.2 Å². The maximum atomic E-state index is 12.6. The van der Waals surface area contributed by atoms with Gasteiger partial charge in [0.2, 0.25) is 0 Å². The second kappa shape index (κ2) is 10.5. The number of amides is 1. The molecule has 0 aliphatic carbocycles. The van der Waals surface area contributed by atoms with Gasteiger partial charge in [-0.2, -0.15) is 0 Å². The smallest absolute Gasteiger partial charge is 0.336 e. The number of nitrogens with one attached hydrogen (secondary N) is 1. The Morgan fingerprint density at radius 1 is 1.08 bits per heavy atom. The highest BCUT2D eigenvalue weighted by Crippen LogP contribution is 2.42. The summed E-state index contributed by atoms with van der Waals surface area (Å²) in [4.78, 5) is 24.8. The summed E-state index contributed by atoms with van der Waals surface area (Å²) in [6.45, 7) is 6.27. The van der Waals surface area contributed by atoms with Crippen LogP contribution in [0.15, 0.2) is 39.5 Å². The summed E-state index contributed by atoms with van der Waals surface area (Å²) < 4.78 is 28.4. The summed E-state index contributed by atoms with van der Waals surface area (Å²) in [6.07, 6.45) is 2.78. The summed E-state index contributed by atoms with van der Waals surface area (Å²) in [5.41, 5.74) is 2.42. The highest BCUT2D eigenvalue weighted by atomic mass is 16.5. The molecule has 4 rings (SSSR count). The zero-order valence-corrected chi connectivity index (χ0v) is 21.5. The molecule has 0 saturated heterocycles. The van der Waals surface area contributed by atoms with Crippen molar-refractivity contribution in [3.05, 3.63) is 57.4 Å². The van der Waals surface area contributed by atoms with Gasteiger partial charge in [-0.1, -0.05) is 13.0 Å². The zero-order valence-electron chi connectivity index (χ0n) is 21.5. The third-order valence-electron chi connectivity index (χ3n) is 6.41. The van der Waals surface area contributed by atoms with Crippen LogP contribution in [-0.4, -0.2) is 38.9 Å². The molecule has 1 aliphatic rings. The number of aryl methyl sites for hydroxylation is 2. The van der Waals surface area contributed by atoms with Gasteiger partial charge in [0.15, 0.2) is 18.1 Å². The highest BCUT2D eigenvalue weighted by molar-refractivity contribution is 5.92. The van der Waals surface area contributed by atoms with E-state index in [-0.39, 0.29) is 18.1 Å². The molecular formula is C28H33NO7. The largest absolute Gasteiger partial charge is 0.493 e. The van der Waals surface area contributed by atoms with Crippen LogP contribution in [0.2, 0.25) is 0 Å². The minimum absolute atomic E-state index is 0.175. The lowest BCUT2D eigenvalue weighted by Gasteiger charge is -2.33. The van der Waals surface area contributed by atoms with Crippen LogP contribution in [0.4, 0.5) is 0 Å². The molecule has 0 unspecified atom stereocenters. The normalized spacial score (nSPS) is 14.0. The molecular weight excluding hydrogens is 462 g/mol. The summed E-state index contributed by atoms with van der Waals surface area (Å²) in [6, 6.07) is 8.97. The van der Waals surface area contributed by atoms with Crippen molar-refractivity contribution in [2.75, 3.05) is 27.4 Å². The number of methoxy groups -OCH3 is 2. The molecule has 0 saturated carbocycles. The van der Waals surface area contributed by atoms with Crippen molar-refractivity contribution >= 4 is 16.9 Å². The second-order valence-electron chi connectivity index (χ2n) is 9.44. The van der Waals surface area contributed by atoms with Crippen LogP contribution < -0.4 is 29.9 Å². The van der Waals surface area contributed by atoms with Crippen molar-refractivity contribution in [3.8, 4) is 23.0 Å². The molecule has 192 valence electrons. The second-order valence-corrected chi connectivity index (χ2v) is 9.44. The maximum Gasteiger partial charge on any atom is 0.336 e. The van der Waals surface area contributed by atoms with E-state index in [0.29, 0.717) is 48.0 Å². The van der Waals surface area contributed by atoms with Crippen molar-refractivity contribution in [1.29, 1.82) is 0 Å². The maximum absolute atomic E-state index is 12.6. The Kier molecular flexibility index (Phi) is 7.43. The Hall–Kier alpha value is -3.68. The molecule has 0 fully saturated rings. The van der Waals surface area contributed by atoms with E-state index in [4.69, 9.17) is 23.4 Å². The number of benzene rings is 2. The van der Waals surface area contributed by atoms with Gasteiger partial charge in [0.1, 0.15) is 22.7 Å². The number of fused-ring (bicyclic) bond motifs is 3. The van der Waals surface area contributed by atoms with Gasteiger partial charge in [-0.3, -0.25) is 4.79 Å². The van der Waals surface area contributed by atoms with E-state index in [9.17, 15) is 9.59 Å². The van der Waals surface area contributed by atoms with E-state index < -0.39 is 5.63 Å². The Labute approximate surface area is 210 Å². The van der Waals surface area contributed by atoms with Gasteiger partial charge in [0.25, 0.3) is 5.91 Å². The third kappa shape index (κ3) is 5.42. The Morgan fingerprint density at radius 2 is 1.86 bits per heavy atom. The molecule has 8 heteroatoms. The highest BCUT2D eigenvalue weighted by Gasteiger charge is 2.30. The van der Waals surface area contributed by atoms with Crippen molar-refractivity contribution in [3.63, 3.8) is 0 Å². The number of hydrogen-bond acceptors (Lipinski definition) is 7. The van der Waals surface area contributed by atoms with Crippen LogP contribution in [0.3, 0.4) is 0 Å². The van der Waals surface area contributed by atoms with Gasteiger partial charge in [-0.15, -0.1) is 0 Å².